The summed E-state index contributed by atoms with van der Waals surface area (Å²) in [4.78, 5) is 0. The molecule has 3 atom stereocenters. The van der Waals surface area contributed by atoms with E-state index in [0.29, 0.717) is 11.8 Å². The summed E-state index contributed by atoms with van der Waals surface area (Å²) in [5, 5.41) is 18.7. The van der Waals surface area contributed by atoms with Crippen LogP contribution >= 0.6 is 0 Å². The van der Waals surface area contributed by atoms with Gasteiger partial charge >= 0.3 is 0 Å². The van der Waals surface area contributed by atoms with Crippen LogP contribution in [0.1, 0.15) is 52.9 Å². The molecule has 0 heterocycles. The Kier molecular flexibility index (Phi) is 8.20. The molecule has 0 aromatic rings. The standard InChI is InChI=1S/C12H26O2/c1-4-6-10(3)12(14)9-11(5-2)7-8-13/h10-14H,4-9H2,1-3H3. The lowest BCUT2D eigenvalue weighted by atomic mass is 9.88. The van der Waals surface area contributed by atoms with E-state index >= 15 is 0 Å². The van der Waals surface area contributed by atoms with E-state index in [9.17, 15) is 5.11 Å². The summed E-state index contributed by atoms with van der Waals surface area (Å²) >= 11 is 0. The average Bonchev–Trinajstić information content (AvgIpc) is 2.17. The largest absolute Gasteiger partial charge is 0.396 e. The Balaban J connectivity index is 3.81. The van der Waals surface area contributed by atoms with Crippen molar-refractivity contribution in [3.63, 3.8) is 0 Å². The first-order chi connectivity index (χ1) is 6.65. The van der Waals surface area contributed by atoms with E-state index in [-0.39, 0.29) is 12.7 Å². The van der Waals surface area contributed by atoms with Crippen LogP contribution in [0, 0.1) is 11.8 Å². The highest BCUT2D eigenvalue weighted by Gasteiger charge is 2.17. The van der Waals surface area contributed by atoms with Gasteiger partial charge in [-0.25, -0.2) is 0 Å². The number of aliphatic hydroxyl groups excluding tert-OH is 2. The van der Waals surface area contributed by atoms with Gasteiger partial charge in [-0.1, -0.05) is 33.6 Å². The lowest BCUT2D eigenvalue weighted by molar-refractivity contribution is 0.0784. The predicted molar refractivity (Wildman–Crippen MR) is 60.2 cm³/mol. The van der Waals surface area contributed by atoms with Crippen LogP contribution < -0.4 is 0 Å². The molecule has 2 nitrogen and oxygen atoms in total. The van der Waals surface area contributed by atoms with Crippen molar-refractivity contribution in [2.45, 2.75) is 59.0 Å². The molecule has 0 rings (SSSR count). The smallest absolute Gasteiger partial charge is 0.0568 e. The highest BCUT2D eigenvalue weighted by molar-refractivity contribution is 4.69. The third-order valence-corrected chi connectivity index (χ3v) is 3.09. The molecule has 14 heavy (non-hydrogen) atoms. The van der Waals surface area contributed by atoms with Gasteiger partial charge in [-0.2, -0.15) is 0 Å². The second-order valence-electron chi connectivity index (χ2n) is 4.36. The van der Waals surface area contributed by atoms with Crippen molar-refractivity contribution < 1.29 is 10.2 Å². The lowest BCUT2D eigenvalue weighted by Gasteiger charge is -2.22. The van der Waals surface area contributed by atoms with E-state index in [2.05, 4.69) is 20.8 Å². The van der Waals surface area contributed by atoms with Crippen LogP contribution in [0.15, 0.2) is 0 Å². The van der Waals surface area contributed by atoms with Crippen molar-refractivity contribution in [3.8, 4) is 0 Å². The summed E-state index contributed by atoms with van der Waals surface area (Å²) in [6, 6.07) is 0. The van der Waals surface area contributed by atoms with Gasteiger partial charge in [0.25, 0.3) is 0 Å². The highest BCUT2D eigenvalue weighted by Crippen LogP contribution is 2.21. The van der Waals surface area contributed by atoms with E-state index in [1.165, 1.54) is 0 Å². The fourth-order valence-electron chi connectivity index (χ4n) is 1.89. The lowest BCUT2D eigenvalue weighted by Crippen LogP contribution is -2.21. The molecular weight excluding hydrogens is 176 g/mol. The zero-order valence-electron chi connectivity index (χ0n) is 9.87. The molecular formula is C12H26O2. The molecule has 0 saturated carbocycles. The monoisotopic (exact) mass is 202 g/mol. The summed E-state index contributed by atoms with van der Waals surface area (Å²) in [7, 11) is 0. The first-order valence-electron chi connectivity index (χ1n) is 5.94. The summed E-state index contributed by atoms with van der Waals surface area (Å²) in [5.41, 5.74) is 0. The van der Waals surface area contributed by atoms with Crippen LogP contribution in [0.25, 0.3) is 0 Å². The van der Waals surface area contributed by atoms with Crippen molar-refractivity contribution in [2.24, 2.45) is 11.8 Å². The van der Waals surface area contributed by atoms with E-state index in [4.69, 9.17) is 5.11 Å². The van der Waals surface area contributed by atoms with Crippen LogP contribution in [0.2, 0.25) is 0 Å². The Morgan fingerprint density at radius 3 is 2.21 bits per heavy atom. The minimum Gasteiger partial charge on any atom is -0.396 e. The second-order valence-corrected chi connectivity index (χ2v) is 4.36. The van der Waals surface area contributed by atoms with Gasteiger partial charge in [0, 0.05) is 6.61 Å². The van der Waals surface area contributed by atoms with Gasteiger partial charge in [0.1, 0.15) is 0 Å². The fraction of sp³-hybridized carbons (Fsp3) is 1.00. The van der Waals surface area contributed by atoms with Crippen molar-refractivity contribution in [3.05, 3.63) is 0 Å². The average molecular weight is 202 g/mol. The third-order valence-electron chi connectivity index (χ3n) is 3.09. The molecule has 0 saturated heterocycles. The molecule has 0 aromatic heterocycles. The molecule has 0 amide bonds. The minimum atomic E-state index is -0.188. The summed E-state index contributed by atoms with van der Waals surface area (Å²) < 4.78 is 0. The predicted octanol–water partition coefficient (Wildman–Crippen LogP) is 2.58. The molecule has 2 heteroatoms. The maximum Gasteiger partial charge on any atom is 0.0568 e. The van der Waals surface area contributed by atoms with Crippen molar-refractivity contribution >= 4 is 0 Å². The summed E-state index contributed by atoms with van der Waals surface area (Å²) in [6.45, 7) is 6.62. The molecule has 2 N–H and O–H groups in total. The molecule has 0 aliphatic carbocycles. The van der Waals surface area contributed by atoms with Gasteiger partial charge in [0.05, 0.1) is 6.10 Å². The normalized spacial score (nSPS) is 17.8. The maximum absolute atomic E-state index is 9.90. The molecule has 0 aliphatic rings. The summed E-state index contributed by atoms with van der Waals surface area (Å²) in [5.74, 6) is 0.877. The van der Waals surface area contributed by atoms with Crippen molar-refractivity contribution in [2.75, 3.05) is 6.61 Å². The van der Waals surface area contributed by atoms with Crippen molar-refractivity contribution in [1.82, 2.24) is 0 Å². The Morgan fingerprint density at radius 1 is 1.14 bits per heavy atom. The van der Waals surface area contributed by atoms with E-state index < -0.39 is 0 Å². The van der Waals surface area contributed by atoms with Crippen LogP contribution in [0.5, 0.6) is 0 Å². The zero-order chi connectivity index (χ0) is 11.0. The molecule has 0 fully saturated rings. The molecule has 0 radical (unpaired) electrons. The number of aliphatic hydroxyl groups is 2. The molecule has 0 aliphatic heterocycles. The van der Waals surface area contributed by atoms with Gasteiger partial charge in [0.15, 0.2) is 0 Å². The minimum absolute atomic E-state index is 0.188. The first-order valence-corrected chi connectivity index (χ1v) is 5.94. The Morgan fingerprint density at radius 2 is 1.79 bits per heavy atom. The maximum atomic E-state index is 9.90. The molecule has 0 spiro atoms. The van der Waals surface area contributed by atoms with Gasteiger partial charge in [-0.3, -0.25) is 0 Å². The first kappa shape index (κ1) is 13.9. The Hall–Kier alpha value is -0.0800. The zero-order valence-corrected chi connectivity index (χ0v) is 9.87. The molecule has 0 aromatic carbocycles. The molecule has 86 valence electrons. The number of rotatable bonds is 8. The topological polar surface area (TPSA) is 40.5 Å². The molecule has 0 bridgehead atoms. The summed E-state index contributed by atoms with van der Waals surface area (Å²) in [6.07, 6.45) is 4.76. The van der Waals surface area contributed by atoms with Crippen LogP contribution in [0.4, 0.5) is 0 Å². The second kappa shape index (κ2) is 8.25. The van der Waals surface area contributed by atoms with E-state index in [1.807, 2.05) is 0 Å². The molecule has 3 unspecified atom stereocenters. The van der Waals surface area contributed by atoms with Crippen molar-refractivity contribution in [1.29, 1.82) is 0 Å². The van der Waals surface area contributed by atoms with Crippen LogP contribution in [-0.2, 0) is 0 Å². The third kappa shape index (κ3) is 5.61. The van der Waals surface area contributed by atoms with E-state index in [1.54, 1.807) is 0 Å². The number of hydrogen-bond donors (Lipinski definition) is 2. The van der Waals surface area contributed by atoms with Crippen LogP contribution in [0.3, 0.4) is 0 Å². The Labute approximate surface area is 88.3 Å². The van der Waals surface area contributed by atoms with Gasteiger partial charge in [0.2, 0.25) is 0 Å². The van der Waals surface area contributed by atoms with E-state index in [0.717, 1.165) is 32.1 Å². The SMILES string of the molecule is CCCC(C)C(O)CC(CC)CCO. The van der Waals surface area contributed by atoms with Gasteiger partial charge in [-0.05, 0) is 31.1 Å². The van der Waals surface area contributed by atoms with Crippen LogP contribution in [-0.4, -0.2) is 22.9 Å². The highest BCUT2D eigenvalue weighted by atomic mass is 16.3. The number of hydrogen-bond acceptors (Lipinski definition) is 2. The van der Waals surface area contributed by atoms with Gasteiger partial charge in [-0.15, -0.1) is 0 Å². The Bertz CT molecular complexity index is 125. The van der Waals surface area contributed by atoms with Gasteiger partial charge < -0.3 is 10.2 Å². The fourth-order valence-corrected chi connectivity index (χ4v) is 1.89. The quantitative estimate of drug-likeness (QED) is 0.635.